The fourth-order valence-electron chi connectivity index (χ4n) is 1.10. The molecule has 1 atom stereocenters. The molecule has 0 unspecified atom stereocenters. The van der Waals surface area contributed by atoms with E-state index >= 15 is 0 Å². The SMILES string of the molecule is C[C@@H](N)C(=O)NCCCc1ccsc1. The Kier molecular flexibility index (Phi) is 4.62. The van der Waals surface area contributed by atoms with Gasteiger partial charge in [-0.15, -0.1) is 0 Å². The van der Waals surface area contributed by atoms with Crippen molar-refractivity contribution in [1.82, 2.24) is 5.32 Å². The van der Waals surface area contributed by atoms with Crippen LogP contribution in [0.3, 0.4) is 0 Å². The van der Waals surface area contributed by atoms with Crippen LogP contribution in [0.5, 0.6) is 0 Å². The second-order valence-corrected chi connectivity index (χ2v) is 4.09. The number of thiophene rings is 1. The predicted octanol–water partition coefficient (Wildman–Crippen LogP) is 1.14. The van der Waals surface area contributed by atoms with E-state index in [1.165, 1.54) is 5.56 Å². The van der Waals surface area contributed by atoms with E-state index in [-0.39, 0.29) is 5.91 Å². The molecule has 1 aromatic heterocycles. The molecule has 0 saturated heterocycles. The van der Waals surface area contributed by atoms with Crippen molar-refractivity contribution in [3.8, 4) is 0 Å². The lowest BCUT2D eigenvalue weighted by Gasteiger charge is -2.06. The van der Waals surface area contributed by atoms with E-state index < -0.39 is 6.04 Å². The zero-order valence-electron chi connectivity index (χ0n) is 8.32. The van der Waals surface area contributed by atoms with E-state index in [0.717, 1.165) is 12.8 Å². The number of hydrogen-bond donors (Lipinski definition) is 2. The van der Waals surface area contributed by atoms with Crippen LogP contribution in [-0.4, -0.2) is 18.5 Å². The van der Waals surface area contributed by atoms with Gasteiger partial charge in [-0.3, -0.25) is 4.79 Å². The molecule has 1 aromatic rings. The first kappa shape index (κ1) is 11.2. The summed E-state index contributed by atoms with van der Waals surface area (Å²) in [7, 11) is 0. The van der Waals surface area contributed by atoms with Gasteiger partial charge in [0.25, 0.3) is 0 Å². The van der Waals surface area contributed by atoms with Gasteiger partial charge >= 0.3 is 0 Å². The minimum absolute atomic E-state index is 0.0738. The largest absolute Gasteiger partial charge is 0.355 e. The van der Waals surface area contributed by atoms with Gasteiger partial charge in [0, 0.05) is 6.54 Å². The molecule has 0 aliphatic rings. The lowest BCUT2D eigenvalue weighted by atomic mass is 10.2. The van der Waals surface area contributed by atoms with Gasteiger partial charge in [-0.1, -0.05) is 0 Å². The first-order valence-electron chi connectivity index (χ1n) is 4.74. The Balaban J connectivity index is 2.08. The molecule has 0 aliphatic carbocycles. The molecule has 1 heterocycles. The van der Waals surface area contributed by atoms with Crippen molar-refractivity contribution in [2.24, 2.45) is 5.73 Å². The highest BCUT2D eigenvalue weighted by Gasteiger charge is 2.04. The van der Waals surface area contributed by atoms with Gasteiger partial charge < -0.3 is 11.1 Å². The second kappa shape index (κ2) is 5.78. The topological polar surface area (TPSA) is 55.1 Å². The van der Waals surface area contributed by atoms with Crippen molar-refractivity contribution in [2.75, 3.05) is 6.54 Å². The maximum absolute atomic E-state index is 11.1. The van der Waals surface area contributed by atoms with Crippen molar-refractivity contribution in [2.45, 2.75) is 25.8 Å². The van der Waals surface area contributed by atoms with Crippen LogP contribution >= 0.6 is 11.3 Å². The molecule has 14 heavy (non-hydrogen) atoms. The third kappa shape index (κ3) is 3.89. The van der Waals surface area contributed by atoms with Gasteiger partial charge in [-0.05, 0) is 42.2 Å². The number of nitrogens with one attached hydrogen (secondary N) is 1. The number of nitrogens with two attached hydrogens (primary N) is 1. The van der Waals surface area contributed by atoms with Crippen LogP contribution in [0.1, 0.15) is 18.9 Å². The third-order valence-corrected chi connectivity index (χ3v) is 2.67. The van der Waals surface area contributed by atoms with E-state index in [1.807, 2.05) is 0 Å². The molecule has 1 amide bonds. The van der Waals surface area contributed by atoms with Gasteiger partial charge in [0.05, 0.1) is 6.04 Å². The minimum atomic E-state index is -0.406. The molecule has 0 fully saturated rings. The Labute approximate surface area is 88.3 Å². The first-order chi connectivity index (χ1) is 6.70. The van der Waals surface area contributed by atoms with Crippen molar-refractivity contribution in [1.29, 1.82) is 0 Å². The average molecular weight is 212 g/mol. The lowest BCUT2D eigenvalue weighted by molar-refractivity contribution is -0.121. The van der Waals surface area contributed by atoms with Crippen LogP contribution in [0.2, 0.25) is 0 Å². The fourth-order valence-corrected chi connectivity index (χ4v) is 1.80. The Morgan fingerprint density at radius 2 is 2.50 bits per heavy atom. The molecule has 0 radical (unpaired) electrons. The van der Waals surface area contributed by atoms with Gasteiger partial charge in [0.2, 0.25) is 5.91 Å². The van der Waals surface area contributed by atoms with Crippen molar-refractivity contribution >= 4 is 17.2 Å². The number of aryl methyl sites for hydroxylation is 1. The number of carbonyl (C=O) groups is 1. The Morgan fingerprint density at radius 1 is 1.71 bits per heavy atom. The summed E-state index contributed by atoms with van der Waals surface area (Å²) in [6, 6.07) is 1.70. The number of amides is 1. The Morgan fingerprint density at radius 3 is 3.07 bits per heavy atom. The van der Waals surface area contributed by atoms with E-state index in [9.17, 15) is 4.79 Å². The summed E-state index contributed by atoms with van der Waals surface area (Å²) in [4.78, 5) is 11.1. The maximum atomic E-state index is 11.1. The zero-order chi connectivity index (χ0) is 10.4. The summed E-state index contributed by atoms with van der Waals surface area (Å²) < 4.78 is 0. The Hall–Kier alpha value is -0.870. The van der Waals surface area contributed by atoms with E-state index in [4.69, 9.17) is 5.73 Å². The van der Waals surface area contributed by atoms with Crippen LogP contribution < -0.4 is 11.1 Å². The molecule has 3 N–H and O–H groups in total. The summed E-state index contributed by atoms with van der Waals surface area (Å²) in [5.41, 5.74) is 6.74. The molecule has 0 aromatic carbocycles. The van der Waals surface area contributed by atoms with Crippen LogP contribution in [0.4, 0.5) is 0 Å². The van der Waals surface area contributed by atoms with Crippen LogP contribution in [0.15, 0.2) is 16.8 Å². The highest BCUT2D eigenvalue weighted by Crippen LogP contribution is 2.07. The van der Waals surface area contributed by atoms with Crippen LogP contribution in [0, 0.1) is 0 Å². The minimum Gasteiger partial charge on any atom is -0.355 e. The molecule has 3 nitrogen and oxygen atoms in total. The zero-order valence-corrected chi connectivity index (χ0v) is 9.14. The first-order valence-corrected chi connectivity index (χ1v) is 5.69. The lowest BCUT2D eigenvalue weighted by Crippen LogP contribution is -2.38. The highest BCUT2D eigenvalue weighted by molar-refractivity contribution is 7.07. The molecule has 78 valence electrons. The molecule has 1 rings (SSSR count). The summed E-state index contributed by atoms with van der Waals surface area (Å²) in [6.45, 7) is 2.39. The molecular weight excluding hydrogens is 196 g/mol. The predicted molar refractivity (Wildman–Crippen MR) is 59.3 cm³/mol. The summed E-state index contributed by atoms with van der Waals surface area (Å²) in [6.07, 6.45) is 1.98. The number of hydrogen-bond acceptors (Lipinski definition) is 3. The van der Waals surface area contributed by atoms with Gasteiger partial charge in [0.1, 0.15) is 0 Å². The summed E-state index contributed by atoms with van der Waals surface area (Å²) in [5, 5.41) is 6.98. The van der Waals surface area contributed by atoms with Gasteiger partial charge in [-0.25, -0.2) is 0 Å². The average Bonchev–Trinajstić information content (AvgIpc) is 2.64. The molecule has 0 aliphatic heterocycles. The highest BCUT2D eigenvalue weighted by atomic mass is 32.1. The monoisotopic (exact) mass is 212 g/mol. The second-order valence-electron chi connectivity index (χ2n) is 3.31. The molecule has 0 bridgehead atoms. The fraction of sp³-hybridized carbons (Fsp3) is 0.500. The van der Waals surface area contributed by atoms with Gasteiger partial charge in [0.15, 0.2) is 0 Å². The Bertz CT molecular complexity index is 270. The molecule has 0 spiro atoms. The standard InChI is InChI=1S/C10H16N2OS/c1-8(11)10(13)12-5-2-3-9-4-6-14-7-9/h4,6-8H,2-3,5,11H2,1H3,(H,12,13)/t8-/m1/s1. The summed E-state index contributed by atoms with van der Waals surface area (Å²) in [5.74, 6) is -0.0738. The van der Waals surface area contributed by atoms with E-state index in [1.54, 1.807) is 18.3 Å². The van der Waals surface area contributed by atoms with Crippen molar-refractivity contribution in [3.05, 3.63) is 22.4 Å². The van der Waals surface area contributed by atoms with Crippen molar-refractivity contribution in [3.63, 3.8) is 0 Å². The molecular formula is C10H16N2OS. The van der Waals surface area contributed by atoms with E-state index in [2.05, 4.69) is 22.1 Å². The van der Waals surface area contributed by atoms with Crippen LogP contribution in [0.25, 0.3) is 0 Å². The van der Waals surface area contributed by atoms with Crippen LogP contribution in [-0.2, 0) is 11.2 Å². The van der Waals surface area contributed by atoms with Crippen molar-refractivity contribution < 1.29 is 4.79 Å². The molecule has 0 saturated carbocycles. The number of rotatable bonds is 5. The normalized spacial score (nSPS) is 12.4. The quantitative estimate of drug-likeness (QED) is 0.719. The van der Waals surface area contributed by atoms with Gasteiger partial charge in [-0.2, -0.15) is 11.3 Å². The maximum Gasteiger partial charge on any atom is 0.236 e. The molecule has 4 heteroatoms. The number of carbonyl (C=O) groups excluding carboxylic acids is 1. The van der Waals surface area contributed by atoms with E-state index in [0.29, 0.717) is 6.54 Å². The third-order valence-electron chi connectivity index (χ3n) is 1.94. The smallest absolute Gasteiger partial charge is 0.236 e. The summed E-state index contributed by atoms with van der Waals surface area (Å²) >= 11 is 1.70.